The molecule has 2 heterocycles. The highest BCUT2D eigenvalue weighted by molar-refractivity contribution is 5.99. The zero-order valence-corrected chi connectivity index (χ0v) is 13.1. The average Bonchev–Trinajstić information content (AvgIpc) is 3.01. The molecule has 0 unspecified atom stereocenters. The molecule has 0 saturated heterocycles. The molecule has 0 saturated carbocycles. The van der Waals surface area contributed by atoms with Crippen molar-refractivity contribution in [2.75, 3.05) is 6.54 Å². The van der Waals surface area contributed by atoms with E-state index < -0.39 is 0 Å². The Bertz CT molecular complexity index is 857. The zero-order valence-electron chi connectivity index (χ0n) is 13.1. The predicted molar refractivity (Wildman–Crippen MR) is 87.1 cm³/mol. The number of aromatic nitrogens is 3. The van der Waals surface area contributed by atoms with Crippen LogP contribution in [0.3, 0.4) is 0 Å². The van der Waals surface area contributed by atoms with E-state index in [-0.39, 0.29) is 5.91 Å². The summed E-state index contributed by atoms with van der Waals surface area (Å²) in [5.74, 6) is -0.105. The Hall–Kier alpha value is -2.40. The largest absolute Gasteiger partial charge is 0.351 e. The molecule has 3 rings (SSSR count). The fourth-order valence-electron chi connectivity index (χ4n) is 2.90. The normalized spacial score (nSPS) is 11.3. The number of nitrogens with zero attached hydrogens (tertiary/aromatic N) is 3. The Morgan fingerprint density at radius 3 is 2.77 bits per heavy atom. The second-order valence-corrected chi connectivity index (χ2v) is 5.61. The Morgan fingerprint density at radius 1 is 1.27 bits per heavy atom. The van der Waals surface area contributed by atoms with Crippen LogP contribution < -0.4 is 5.73 Å². The van der Waals surface area contributed by atoms with Crippen molar-refractivity contribution >= 4 is 16.8 Å². The van der Waals surface area contributed by atoms with E-state index in [1.807, 2.05) is 55.9 Å². The van der Waals surface area contributed by atoms with Crippen LogP contribution in [0.15, 0.2) is 30.5 Å². The Labute approximate surface area is 129 Å². The Kier molecular flexibility index (Phi) is 3.58. The van der Waals surface area contributed by atoms with Gasteiger partial charge in [-0.1, -0.05) is 6.07 Å². The number of carbonyl (C=O) groups excluding carboxylic acids is 1. The fourth-order valence-corrected chi connectivity index (χ4v) is 2.90. The lowest BCUT2D eigenvalue weighted by Crippen LogP contribution is -2.16. The number of hydrogen-bond acceptors (Lipinski definition) is 3. The molecule has 2 N–H and O–H groups in total. The smallest absolute Gasteiger partial charge is 0.278 e. The van der Waals surface area contributed by atoms with Gasteiger partial charge in [0.15, 0.2) is 0 Å². The highest BCUT2D eigenvalue weighted by atomic mass is 16.2. The van der Waals surface area contributed by atoms with E-state index in [2.05, 4.69) is 5.10 Å². The van der Waals surface area contributed by atoms with Crippen molar-refractivity contribution in [3.05, 3.63) is 53.0 Å². The summed E-state index contributed by atoms with van der Waals surface area (Å²) in [5, 5.41) is 5.52. The van der Waals surface area contributed by atoms with Gasteiger partial charge in [-0.3, -0.25) is 4.79 Å². The van der Waals surface area contributed by atoms with Crippen molar-refractivity contribution in [3.8, 4) is 0 Å². The molecule has 1 aromatic carbocycles. The molecule has 0 bridgehead atoms. The van der Waals surface area contributed by atoms with Gasteiger partial charge < -0.3 is 10.3 Å². The molecule has 0 fully saturated rings. The van der Waals surface area contributed by atoms with Crippen molar-refractivity contribution in [3.63, 3.8) is 0 Å². The first kappa shape index (κ1) is 14.5. The number of hydrogen-bond donors (Lipinski definition) is 1. The minimum atomic E-state index is -0.105. The van der Waals surface area contributed by atoms with Crippen LogP contribution in [0.2, 0.25) is 0 Å². The monoisotopic (exact) mass is 296 g/mol. The molecule has 2 aromatic heterocycles. The number of rotatable bonds is 3. The van der Waals surface area contributed by atoms with Gasteiger partial charge >= 0.3 is 0 Å². The van der Waals surface area contributed by atoms with Crippen LogP contribution in [0.4, 0.5) is 0 Å². The summed E-state index contributed by atoms with van der Waals surface area (Å²) >= 11 is 0. The topological polar surface area (TPSA) is 65.8 Å². The molecule has 22 heavy (non-hydrogen) atoms. The Balaban J connectivity index is 2.05. The minimum absolute atomic E-state index is 0.105. The van der Waals surface area contributed by atoms with Crippen LogP contribution >= 0.6 is 0 Å². The van der Waals surface area contributed by atoms with Gasteiger partial charge in [0.05, 0.1) is 5.69 Å². The maximum atomic E-state index is 12.8. The van der Waals surface area contributed by atoms with E-state index in [0.717, 1.165) is 34.3 Å². The molecule has 0 spiro atoms. The predicted octanol–water partition coefficient (Wildman–Crippen LogP) is 2.18. The third-order valence-corrected chi connectivity index (χ3v) is 4.16. The van der Waals surface area contributed by atoms with Gasteiger partial charge in [0, 0.05) is 30.0 Å². The summed E-state index contributed by atoms with van der Waals surface area (Å²) in [6.45, 7) is 4.39. The molecule has 114 valence electrons. The summed E-state index contributed by atoms with van der Waals surface area (Å²) in [7, 11) is 1.97. The third-order valence-electron chi connectivity index (χ3n) is 4.16. The number of aryl methyl sites for hydroxylation is 2. The van der Waals surface area contributed by atoms with Gasteiger partial charge in [-0.2, -0.15) is 5.10 Å². The van der Waals surface area contributed by atoms with Gasteiger partial charge in [-0.15, -0.1) is 0 Å². The van der Waals surface area contributed by atoms with Crippen LogP contribution in [0.5, 0.6) is 0 Å². The molecule has 3 aromatic rings. The number of fused-ring (bicyclic) bond motifs is 1. The number of benzene rings is 1. The van der Waals surface area contributed by atoms with E-state index in [1.54, 1.807) is 0 Å². The lowest BCUT2D eigenvalue weighted by Gasteiger charge is -2.05. The standard InChI is InChI=1S/C17H20N4O/c1-11-15(6-8-18)12(2)21(19-11)17(22)14-5-4-13-7-9-20(3)16(13)10-14/h4-5,7,9-10H,6,8,18H2,1-3H3. The average molecular weight is 296 g/mol. The summed E-state index contributed by atoms with van der Waals surface area (Å²) in [6, 6.07) is 7.77. The molecule has 0 aliphatic carbocycles. The van der Waals surface area contributed by atoms with Gasteiger partial charge in [-0.05, 0) is 56.0 Å². The maximum Gasteiger partial charge on any atom is 0.278 e. The molecule has 0 amide bonds. The molecule has 0 aliphatic rings. The van der Waals surface area contributed by atoms with Crippen LogP contribution in [-0.2, 0) is 13.5 Å². The first-order valence-electron chi connectivity index (χ1n) is 7.38. The van der Waals surface area contributed by atoms with Crippen molar-refractivity contribution < 1.29 is 4.79 Å². The molecular formula is C17H20N4O. The summed E-state index contributed by atoms with van der Waals surface area (Å²) in [5.41, 5.74) is 10.1. The van der Waals surface area contributed by atoms with Gasteiger partial charge in [0.1, 0.15) is 0 Å². The fraction of sp³-hybridized carbons (Fsp3) is 0.294. The highest BCUT2D eigenvalue weighted by Gasteiger charge is 2.18. The number of nitrogens with two attached hydrogens (primary N) is 1. The molecule has 0 atom stereocenters. The second-order valence-electron chi connectivity index (χ2n) is 5.61. The van der Waals surface area contributed by atoms with E-state index in [1.165, 1.54) is 4.68 Å². The zero-order chi connectivity index (χ0) is 15.9. The quantitative estimate of drug-likeness (QED) is 0.805. The van der Waals surface area contributed by atoms with Crippen LogP contribution in [0.25, 0.3) is 10.9 Å². The molecule has 0 radical (unpaired) electrons. The summed E-state index contributed by atoms with van der Waals surface area (Å²) in [4.78, 5) is 12.8. The van der Waals surface area contributed by atoms with Gasteiger partial charge in [0.25, 0.3) is 5.91 Å². The minimum Gasteiger partial charge on any atom is -0.351 e. The van der Waals surface area contributed by atoms with Gasteiger partial charge in [0.2, 0.25) is 0 Å². The van der Waals surface area contributed by atoms with Crippen molar-refractivity contribution in [2.24, 2.45) is 12.8 Å². The van der Waals surface area contributed by atoms with Crippen molar-refractivity contribution in [2.45, 2.75) is 20.3 Å². The first-order valence-corrected chi connectivity index (χ1v) is 7.38. The Morgan fingerprint density at radius 2 is 2.05 bits per heavy atom. The molecule has 5 nitrogen and oxygen atoms in total. The van der Waals surface area contributed by atoms with Crippen molar-refractivity contribution in [1.29, 1.82) is 0 Å². The SMILES string of the molecule is Cc1nn(C(=O)c2ccc3ccn(C)c3c2)c(C)c1CCN. The van der Waals surface area contributed by atoms with Crippen molar-refractivity contribution in [1.82, 2.24) is 14.3 Å². The second kappa shape index (κ2) is 5.42. The number of carbonyl (C=O) groups is 1. The molecule has 5 heteroatoms. The van der Waals surface area contributed by atoms with E-state index >= 15 is 0 Å². The first-order chi connectivity index (χ1) is 10.5. The third kappa shape index (κ3) is 2.23. The maximum absolute atomic E-state index is 12.8. The van der Waals surface area contributed by atoms with E-state index in [0.29, 0.717) is 12.1 Å². The van der Waals surface area contributed by atoms with E-state index in [9.17, 15) is 4.79 Å². The van der Waals surface area contributed by atoms with E-state index in [4.69, 9.17) is 5.73 Å². The van der Waals surface area contributed by atoms with Crippen LogP contribution in [-0.4, -0.2) is 26.8 Å². The summed E-state index contributed by atoms with van der Waals surface area (Å²) in [6.07, 6.45) is 2.73. The molecule has 0 aliphatic heterocycles. The highest BCUT2D eigenvalue weighted by Crippen LogP contribution is 2.19. The summed E-state index contributed by atoms with van der Waals surface area (Å²) < 4.78 is 3.50. The van der Waals surface area contributed by atoms with Crippen LogP contribution in [0, 0.1) is 13.8 Å². The molecular weight excluding hydrogens is 276 g/mol. The van der Waals surface area contributed by atoms with Gasteiger partial charge in [-0.25, -0.2) is 4.68 Å². The lowest BCUT2D eigenvalue weighted by atomic mass is 10.1. The van der Waals surface area contributed by atoms with Crippen LogP contribution in [0.1, 0.15) is 27.3 Å². The lowest BCUT2D eigenvalue weighted by molar-refractivity contribution is 0.0942.